The highest BCUT2D eigenvalue weighted by Crippen LogP contribution is 2.47. The zero-order valence-corrected chi connectivity index (χ0v) is 25.2. The zero-order valence-electron chi connectivity index (χ0n) is 24.4. The summed E-state index contributed by atoms with van der Waals surface area (Å²) in [7, 11) is 0. The molecule has 0 aliphatic rings. The lowest BCUT2D eigenvalue weighted by Crippen LogP contribution is -2.10. The van der Waals surface area contributed by atoms with Gasteiger partial charge in [-0.1, -0.05) is 115 Å². The third-order valence-corrected chi connectivity index (χ3v) is 9.81. The standard InChI is InChI=1S/C42H27NOS/c1-3-12-28(13-4-1)30-16-11-17-31(26-30)43(32-22-25-40-36(27-32)34-18-8-10-21-39(34)45-40)37-24-23-33(29-14-5-2-6-15-29)41-35-19-7-9-20-38(35)44-42(37)41/h1-27H. The second-order valence-electron chi connectivity index (χ2n) is 11.3. The lowest BCUT2D eigenvalue weighted by Gasteiger charge is -2.26. The summed E-state index contributed by atoms with van der Waals surface area (Å²) in [5, 5.41) is 4.79. The molecule has 0 radical (unpaired) electrons. The molecule has 0 N–H and O–H groups in total. The molecule has 7 aromatic carbocycles. The topological polar surface area (TPSA) is 16.4 Å². The van der Waals surface area contributed by atoms with Crippen molar-refractivity contribution < 1.29 is 4.42 Å². The normalized spacial score (nSPS) is 11.6. The second-order valence-corrected chi connectivity index (χ2v) is 12.4. The van der Waals surface area contributed by atoms with Crippen LogP contribution in [0.3, 0.4) is 0 Å². The molecule has 0 spiro atoms. The third kappa shape index (κ3) is 4.32. The van der Waals surface area contributed by atoms with Crippen LogP contribution in [0, 0.1) is 0 Å². The van der Waals surface area contributed by atoms with E-state index in [1.807, 2.05) is 17.4 Å². The number of nitrogens with zero attached hydrogens (tertiary/aromatic N) is 1. The SMILES string of the molecule is c1ccc(-c2cccc(N(c3ccc4sc5ccccc5c4c3)c3ccc(-c4ccccc4)c4c3oc3ccccc34)c2)cc1. The summed E-state index contributed by atoms with van der Waals surface area (Å²) in [5.74, 6) is 0. The van der Waals surface area contributed by atoms with E-state index in [0.29, 0.717) is 0 Å². The van der Waals surface area contributed by atoms with Crippen LogP contribution in [0.15, 0.2) is 168 Å². The molecule has 212 valence electrons. The number of benzene rings is 7. The van der Waals surface area contributed by atoms with Crippen LogP contribution >= 0.6 is 11.3 Å². The Labute approximate surface area is 265 Å². The molecular formula is C42H27NOS. The van der Waals surface area contributed by atoms with Gasteiger partial charge in [0.05, 0.1) is 5.69 Å². The van der Waals surface area contributed by atoms with Crippen LogP contribution in [-0.2, 0) is 0 Å². The van der Waals surface area contributed by atoms with Gasteiger partial charge in [-0.25, -0.2) is 0 Å². The van der Waals surface area contributed by atoms with Crippen LogP contribution in [0.4, 0.5) is 17.1 Å². The van der Waals surface area contributed by atoms with Crippen LogP contribution in [0.1, 0.15) is 0 Å². The predicted octanol–water partition coefficient (Wildman–Crippen LogP) is 12.8. The Morgan fingerprint density at radius 1 is 0.444 bits per heavy atom. The van der Waals surface area contributed by atoms with Crippen LogP contribution in [0.25, 0.3) is 64.4 Å². The fourth-order valence-electron chi connectivity index (χ4n) is 6.58. The molecule has 0 unspecified atom stereocenters. The summed E-state index contributed by atoms with van der Waals surface area (Å²) in [5.41, 5.74) is 9.61. The second kappa shape index (κ2) is 10.5. The minimum atomic E-state index is 0.873. The van der Waals surface area contributed by atoms with Crippen molar-refractivity contribution in [1.82, 2.24) is 0 Å². The number of fused-ring (bicyclic) bond motifs is 6. The maximum atomic E-state index is 6.79. The maximum absolute atomic E-state index is 6.79. The van der Waals surface area contributed by atoms with E-state index in [2.05, 4.69) is 163 Å². The Hall–Kier alpha value is -5.64. The number of anilines is 3. The Kier molecular flexibility index (Phi) is 6.03. The lowest BCUT2D eigenvalue weighted by molar-refractivity contribution is 0.669. The Bertz CT molecular complexity index is 2490. The summed E-state index contributed by atoms with van der Waals surface area (Å²) < 4.78 is 9.37. The van der Waals surface area contributed by atoms with Gasteiger partial charge in [0.25, 0.3) is 0 Å². The first-order valence-electron chi connectivity index (χ1n) is 15.2. The summed E-state index contributed by atoms with van der Waals surface area (Å²) >= 11 is 1.84. The van der Waals surface area contributed by atoms with Crippen molar-refractivity contribution in [2.24, 2.45) is 0 Å². The first-order chi connectivity index (χ1) is 22.3. The molecule has 0 amide bonds. The van der Waals surface area contributed by atoms with Crippen molar-refractivity contribution in [1.29, 1.82) is 0 Å². The van der Waals surface area contributed by atoms with Gasteiger partial charge in [-0.3, -0.25) is 0 Å². The highest BCUT2D eigenvalue weighted by atomic mass is 32.1. The highest BCUT2D eigenvalue weighted by Gasteiger charge is 2.23. The summed E-state index contributed by atoms with van der Waals surface area (Å²) in [6, 6.07) is 58.4. The Morgan fingerprint density at radius 3 is 1.96 bits per heavy atom. The first-order valence-corrected chi connectivity index (χ1v) is 16.0. The van der Waals surface area contributed by atoms with Crippen LogP contribution in [0.2, 0.25) is 0 Å². The van der Waals surface area contributed by atoms with Gasteiger partial charge in [0.1, 0.15) is 5.58 Å². The minimum absolute atomic E-state index is 0.873. The first kappa shape index (κ1) is 25.8. The van der Waals surface area contributed by atoms with E-state index in [0.717, 1.165) is 44.6 Å². The number of rotatable bonds is 5. The Morgan fingerprint density at radius 2 is 1.11 bits per heavy atom. The van der Waals surface area contributed by atoms with Gasteiger partial charge in [-0.15, -0.1) is 11.3 Å². The molecule has 0 atom stereocenters. The molecule has 2 aromatic heterocycles. The van der Waals surface area contributed by atoms with Crippen molar-refractivity contribution >= 4 is 70.5 Å². The van der Waals surface area contributed by atoms with Gasteiger partial charge >= 0.3 is 0 Å². The molecule has 9 rings (SSSR count). The van der Waals surface area contributed by atoms with E-state index in [9.17, 15) is 0 Å². The van der Waals surface area contributed by atoms with E-state index in [-0.39, 0.29) is 0 Å². The van der Waals surface area contributed by atoms with Crippen LogP contribution < -0.4 is 4.90 Å². The molecule has 0 bridgehead atoms. The van der Waals surface area contributed by atoms with Crippen molar-refractivity contribution in [3.63, 3.8) is 0 Å². The monoisotopic (exact) mass is 593 g/mol. The molecule has 0 saturated heterocycles. The van der Waals surface area contributed by atoms with Gasteiger partial charge < -0.3 is 9.32 Å². The Balaban J connectivity index is 1.34. The molecule has 2 nitrogen and oxygen atoms in total. The predicted molar refractivity (Wildman–Crippen MR) is 192 cm³/mol. The van der Waals surface area contributed by atoms with E-state index < -0.39 is 0 Å². The van der Waals surface area contributed by atoms with Gasteiger partial charge in [-0.2, -0.15) is 0 Å². The molecule has 3 heteroatoms. The molecule has 0 aliphatic carbocycles. The number of thiophene rings is 1. The molecule has 45 heavy (non-hydrogen) atoms. The summed E-state index contributed by atoms with van der Waals surface area (Å²) in [4.78, 5) is 2.36. The van der Waals surface area contributed by atoms with Crippen molar-refractivity contribution in [2.75, 3.05) is 4.90 Å². The summed E-state index contributed by atoms with van der Waals surface area (Å²) in [6.45, 7) is 0. The molecule has 0 fully saturated rings. The molecule has 2 heterocycles. The molecule has 0 aliphatic heterocycles. The third-order valence-electron chi connectivity index (χ3n) is 8.66. The molecule has 0 saturated carbocycles. The van der Waals surface area contributed by atoms with Crippen LogP contribution in [0.5, 0.6) is 0 Å². The fourth-order valence-corrected chi connectivity index (χ4v) is 7.67. The number of furan rings is 1. The van der Waals surface area contributed by atoms with E-state index in [4.69, 9.17) is 4.42 Å². The minimum Gasteiger partial charge on any atom is -0.454 e. The van der Waals surface area contributed by atoms with E-state index in [1.54, 1.807) is 0 Å². The van der Waals surface area contributed by atoms with Crippen molar-refractivity contribution in [3.05, 3.63) is 164 Å². The molecular weight excluding hydrogens is 567 g/mol. The zero-order chi connectivity index (χ0) is 29.7. The van der Waals surface area contributed by atoms with Crippen molar-refractivity contribution in [2.45, 2.75) is 0 Å². The number of hydrogen-bond donors (Lipinski definition) is 0. The quantitative estimate of drug-likeness (QED) is 0.197. The van der Waals surface area contributed by atoms with E-state index in [1.165, 1.54) is 36.9 Å². The number of hydrogen-bond acceptors (Lipinski definition) is 3. The highest BCUT2D eigenvalue weighted by molar-refractivity contribution is 7.25. The van der Waals surface area contributed by atoms with Gasteiger partial charge in [0.2, 0.25) is 0 Å². The molecule has 9 aromatic rings. The largest absolute Gasteiger partial charge is 0.454 e. The average molecular weight is 594 g/mol. The number of para-hydroxylation sites is 1. The van der Waals surface area contributed by atoms with E-state index >= 15 is 0 Å². The van der Waals surface area contributed by atoms with Gasteiger partial charge in [0.15, 0.2) is 5.58 Å². The van der Waals surface area contributed by atoms with Crippen molar-refractivity contribution in [3.8, 4) is 22.3 Å². The average Bonchev–Trinajstić information content (AvgIpc) is 3.68. The van der Waals surface area contributed by atoms with Gasteiger partial charge in [-0.05, 0) is 70.8 Å². The lowest BCUT2D eigenvalue weighted by atomic mass is 9.98. The maximum Gasteiger partial charge on any atom is 0.160 e. The fraction of sp³-hybridized carbons (Fsp3) is 0. The smallest absolute Gasteiger partial charge is 0.160 e. The van der Waals surface area contributed by atoms with Gasteiger partial charge in [0, 0.05) is 42.3 Å². The van der Waals surface area contributed by atoms with Crippen LogP contribution in [-0.4, -0.2) is 0 Å². The summed E-state index contributed by atoms with van der Waals surface area (Å²) in [6.07, 6.45) is 0.